The summed E-state index contributed by atoms with van der Waals surface area (Å²) in [4.78, 5) is 12.3. The molecule has 0 spiro atoms. The van der Waals surface area contributed by atoms with Crippen molar-refractivity contribution in [3.8, 4) is 11.5 Å². The van der Waals surface area contributed by atoms with Gasteiger partial charge in [0.1, 0.15) is 11.5 Å². The highest BCUT2D eigenvalue weighted by atomic mass is 35.5. The molecule has 2 aromatic rings. The van der Waals surface area contributed by atoms with Gasteiger partial charge in [-0.05, 0) is 25.0 Å². The van der Waals surface area contributed by atoms with Crippen molar-refractivity contribution < 1.29 is 14.3 Å². The van der Waals surface area contributed by atoms with E-state index in [2.05, 4.69) is 11.4 Å². The Morgan fingerprint density at radius 3 is 2.39 bits per heavy atom. The maximum Gasteiger partial charge on any atom is 0.228 e. The molecule has 0 saturated heterocycles. The Morgan fingerprint density at radius 2 is 1.78 bits per heavy atom. The van der Waals surface area contributed by atoms with E-state index < -0.39 is 0 Å². The van der Waals surface area contributed by atoms with Gasteiger partial charge in [-0.15, -0.1) is 0 Å². The molecule has 4 nitrogen and oxygen atoms in total. The quantitative estimate of drug-likeness (QED) is 0.894. The van der Waals surface area contributed by atoms with Crippen molar-refractivity contribution in [2.24, 2.45) is 0 Å². The molecule has 2 rings (SSSR count). The summed E-state index contributed by atoms with van der Waals surface area (Å²) < 4.78 is 10.4. The molecule has 0 aliphatic carbocycles. The number of nitrogens with one attached hydrogen (secondary N) is 1. The second-order valence-electron chi connectivity index (χ2n) is 5.34. The molecule has 0 bridgehead atoms. The van der Waals surface area contributed by atoms with E-state index in [9.17, 15) is 4.79 Å². The van der Waals surface area contributed by atoms with Crippen LogP contribution in [0.3, 0.4) is 0 Å². The van der Waals surface area contributed by atoms with Gasteiger partial charge in [-0.1, -0.05) is 35.4 Å². The number of hydrogen-bond acceptors (Lipinski definition) is 3. The first kappa shape index (κ1) is 17.2. The number of carbonyl (C=O) groups excluding carboxylic acids is 1. The average molecular weight is 334 g/mol. The molecule has 122 valence electrons. The number of benzene rings is 2. The Balaban J connectivity index is 2.19. The number of carbonyl (C=O) groups is 1. The lowest BCUT2D eigenvalue weighted by atomic mass is 10.0. The largest absolute Gasteiger partial charge is 0.495 e. The molecule has 0 saturated carbocycles. The number of aryl methyl sites for hydroxylation is 2. The fourth-order valence-corrected chi connectivity index (χ4v) is 2.60. The van der Waals surface area contributed by atoms with Crippen LogP contribution < -0.4 is 14.8 Å². The van der Waals surface area contributed by atoms with E-state index in [1.165, 1.54) is 19.8 Å². The Bertz CT molecular complexity index is 728. The first-order valence-electron chi connectivity index (χ1n) is 7.22. The van der Waals surface area contributed by atoms with Crippen LogP contribution in [0.4, 0.5) is 5.69 Å². The lowest BCUT2D eigenvalue weighted by molar-refractivity contribution is -0.115. The lowest BCUT2D eigenvalue weighted by Gasteiger charge is -2.13. The van der Waals surface area contributed by atoms with Crippen molar-refractivity contribution in [2.45, 2.75) is 20.3 Å². The van der Waals surface area contributed by atoms with Crippen molar-refractivity contribution in [1.29, 1.82) is 0 Å². The minimum atomic E-state index is -0.125. The van der Waals surface area contributed by atoms with E-state index in [4.69, 9.17) is 21.1 Å². The zero-order valence-corrected chi connectivity index (χ0v) is 14.5. The molecule has 1 amide bonds. The highest BCUT2D eigenvalue weighted by Crippen LogP contribution is 2.35. The number of methoxy groups -OCH3 is 2. The Labute approximate surface area is 141 Å². The van der Waals surface area contributed by atoms with Crippen LogP contribution in [0.2, 0.25) is 5.02 Å². The number of hydrogen-bond donors (Lipinski definition) is 1. The predicted octanol–water partition coefficient (Wildman–Crippen LogP) is 4.16. The monoisotopic (exact) mass is 333 g/mol. The van der Waals surface area contributed by atoms with Crippen LogP contribution in [0.15, 0.2) is 30.3 Å². The molecule has 0 fully saturated rings. The summed E-state index contributed by atoms with van der Waals surface area (Å²) in [6.45, 7) is 4.03. The molecule has 0 heterocycles. The molecule has 2 aromatic carbocycles. The van der Waals surface area contributed by atoms with Crippen molar-refractivity contribution in [2.75, 3.05) is 19.5 Å². The molecule has 5 heteroatoms. The molecule has 1 N–H and O–H groups in total. The van der Waals surface area contributed by atoms with Gasteiger partial charge in [-0.2, -0.15) is 0 Å². The molecule has 0 atom stereocenters. The van der Waals surface area contributed by atoms with Gasteiger partial charge in [-0.3, -0.25) is 4.79 Å². The van der Waals surface area contributed by atoms with Gasteiger partial charge in [0.25, 0.3) is 0 Å². The summed E-state index contributed by atoms with van der Waals surface area (Å²) in [5.41, 5.74) is 3.80. The molecule has 0 radical (unpaired) electrons. The van der Waals surface area contributed by atoms with E-state index in [-0.39, 0.29) is 5.91 Å². The third-order valence-corrected chi connectivity index (χ3v) is 3.89. The normalized spacial score (nSPS) is 10.3. The van der Waals surface area contributed by atoms with E-state index >= 15 is 0 Å². The molecule has 0 aliphatic heterocycles. The van der Waals surface area contributed by atoms with Crippen molar-refractivity contribution in [3.63, 3.8) is 0 Å². The number of rotatable bonds is 5. The highest BCUT2D eigenvalue weighted by Gasteiger charge is 2.13. The second kappa shape index (κ2) is 7.38. The average Bonchev–Trinajstić information content (AvgIpc) is 2.51. The maximum absolute atomic E-state index is 12.3. The zero-order valence-electron chi connectivity index (χ0n) is 13.7. The summed E-state index contributed by atoms with van der Waals surface area (Å²) in [5.74, 6) is 0.846. The van der Waals surface area contributed by atoms with E-state index in [1.807, 2.05) is 26.0 Å². The van der Waals surface area contributed by atoms with Gasteiger partial charge in [0.15, 0.2) is 0 Å². The number of ether oxygens (including phenoxy) is 2. The third kappa shape index (κ3) is 4.17. The Morgan fingerprint density at radius 1 is 1.09 bits per heavy atom. The van der Waals surface area contributed by atoms with Crippen LogP contribution in [0, 0.1) is 13.8 Å². The lowest BCUT2D eigenvalue weighted by Crippen LogP contribution is -2.15. The minimum absolute atomic E-state index is 0.125. The maximum atomic E-state index is 12.3. The summed E-state index contributed by atoms with van der Waals surface area (Å²) in [5, 5.41) is 3.28. The van der Waals surface area contributed by atoms with Crippen molar-refractivity contribution in [3.05, 3.63) is 52.0 Å². The first-order valence-corrected chi connectivity index (χ1v) is 7.60. The molecule has 0 aromatic heterocycles. The van der Waals surface area contributed by atoms with Gasteiger partial charge in [0.2, 0.25) is 5.91 Å². The van der Waals surface area contributed by atoms with Crippen LogP contribution >= 0.6 is 11.6 Å². The van der Waals surface area contributed by atoms with Gasteiger partial charge in [0.05, 0.1) is 31.4 Å². The summed E-state index contributed by atoms with van der Waals surface area (Å²) in [6, 6.07) is 9.31. The van der Waals surface area contributed by atoms with Crippen LogP contribution in [0.1, 0.15) is 16.7 Å². The van der Waals surface area contributed by atoms with Gasteiger partial charge < -0.3 is 14.8 Å². The van der Waals surface area contributed by atoms with E-state index in [1.54, 1.807) is 12.1 Å². The SMILES string of the molecule is COc1cc(NC(=O)Cc2ccc(C)cc2C)c(OC)cc1Cl. The summed E-state index contributed by atoms with van der Waals surface area (Å²) in [7, 11) is 3.05. The molecule has 23 heavy (non-hydrogen) atoms. The fourth-order valence-electron chi connectivity index (χ4n) is 2.37. The standard InChI is InChI=1S/C18H20ClNO3/c1-11-5-6-13(12(2)7-11)8-18(21)20-15-10-16(22-3)14(19)9-17(15)23-4/h5-7,9-10H,8H2,1-4H3,(H,20,21). The molecule has 0 aliphatic rings. The van der Waals surface area contributed by atoms with Crippen LogP contribution in [-0.4, -0.2) is 20.1 Å². The Kier molecular flexibility index (Phi) is 5.50. The van der Waals surface area contributed by atoms with Crippen molar-refractivity contribution in [1.82, 2.24) is 0 Å². The van der Waals surface area contributed by atoms with E-state index in [0.717, 1.165) is 11.1 Å². The number of halogens is 1. The third-order valence-electron chi connectivity index (χ3n) is 3.60. The van der Waals surface area contributed by atoms with Crippen LogP contribution in [-0.2, 0) is 11.2 Å². The van der Waals surface area contributed by atoms with Crippen LogP contribution in [0.25, 0.3) is 0 Å². The molecular formula is C18H20ClNO3. The first-order chi connectivity index (χ1) is 10.9. The fraction of sp³-hybridized carbons (Fsp3) is 0.278. The predicted molar refractivity (Wildman–Crippen MR) is 92.8 cm³/mol. The zero-order chi connectivity index (χ0) is 17.0. The highest BCUT2D eigenvalue weighted by molar-refractivity contribution is 6.32. The van der Waals surface area contributed by atoms with Gasteiger partial charge in [0, 0.05) is 12.1 Å². The summed E-state index contributed by atoms with van der Waals surface area (Å²) >= 11 is 6.06. The molecular weight excluding hydrogens is 314 g/mol. The second-order valence-corrected chi connectivity index (χ2v) is 5.75. The van der Waals surface area contributed by atoms with Crippen molar-refractivity contribution >= 4 is 23.2 Å². The minimum Gasteiger partial charge on any atom is -0.495 e. The molecule has 0 unspecified atom stereocenters. The number of amides is 1. The van der Waals surface area contributed by atoms with E-state index in [0.29, 0.717) is 28.6 Å². The topological polar surface area (TPSA) is 47.6 Å². The van der Waals surface area contributed by atoms with Gasteiger partial charge in [-0.25, -0.2) is 0 Å². The summed E-state index contributed by atoms with van der Waals surface area (Å²) in [6.07, 6.45) is 0.292. The van der Waals surface area contributed by atoms with Crippen LogP contribution in [0.5, 0.6) is 11.5 Å². The van der Waals surface area contributed by atoms with Gasteiger partial charge >= 0.3 is 0 Å². The number of anilines is 1. The smallest absolute Gasteiger partial charge is 0.228 e. The Hall–Kier alpha value is -2.20.